The van der Waals surface area contributed by atoms with E-state index in [0.717, 1.165) is 0 Å². The molecule has 0 aromatic carbocycles. The molecule has 2 atom stereocenters. The predicted molar refractivity (Wildman–Crippen MR) is 60.2 cm³/mol. The molecule has 1 heterocycles. The van der Waals surface area contributed by atoms with Crippen molar-refractivity contribution in [2.45, 2.75) is 29.5 Å². The van der Waals surface area contributed by atoms with Crippen molar-refractivity contribution in [1.82, 2.24) is 9.97 Å². The second kappa shape index (κ2) is 4.96. The zero-order chi connectivity index (χ0) is 13.2. The van der Waals surface area contributed by atoms with E-state index in [1.54, 1.807) is 0 Å². The number of anilines is 2. The third-order valence-corrected chi connectivity index (χ3v) is 3.12. The van der Waals surface area contributed by atoms with Gasteiger partial charge in [-0.1, -0.05) is 11.8 Å². The predicted octanol–water partition coefficient (Wildman–Crippen LogP) is 1.01. The first-order valence-corrected chi connectivity index (χ1v) is 5.47. The average molecular weight is 267 g/mol. The molecule has 0 aliphatic heterocycles. The molecule has 0 bridgehead atoms. The summed E-state index contributed by atoms with van der Waals surface area (Å²) in [6.45, 7) is 1.26. The Hall–Kier alpha value is -1.22. The molecule has 0 aliphatic rings. The SMILES string of the molecule is CC(N)C(Sc1nc(N)cc(N)n1)C(F)(F)F. The second-order valence-electron chi connectivity index (χ2n) is 3.44. The summed E-state index contributed by atoms with van der Waals surface area (Å²) in [6.07, 6.45) is -4.44. The van der Waals surface area contributed by atoms with Crippen molar-refractivity contribution in [2.24, 2.45) is 5.73 Å². The van der Waals surface area contributed by atoms with Crippen LogP contribution in [0, 0.1) is 0 Å². The van der Waals surface area contributed by atoms with Crippen molar-refractivity contribution in [3.63, 3.8) is 0 Å². The topological polar surface area (TPSA) is 104 Å². The fourth-order valence-electron chi connectivity index (χ4n) is 1.10. The molecule has 0 spiro atoms. The molecule has 1 aromatic rings. The minimum absolute atomic E-state index is 0.0191. The molecule has 0 saturated heterocycles. The van der Waals surface area contributed by atoms with E-state index in [-0.39, 0.29) is 16.8 Å². The first kappa shape index (κ1) is 13.8. The second-order valence-corrected chi connectivity index (χ2v) is 4.55. The molecule has 0 fully saturated rings. The van der Waals surface area contributed by atoms with Crippen LogP contribution < -0.4 is 17.2 Å². The van der Waals surface area contributed by atoms with E-state index in [1.165, 1.54) is 13.0 Å². The van der Waals surface area contributed by atoms with Gasteiger partial charge in [-0.3, -0.25) is 0 Å². The van der Waals surface area contributed by atoms with Crippen LogP contribution in [0.4, 0.5) is 24.8 Å². The van der Waals surface area contributed by atoms with Gasteiger partial charge in [-0.25, -0.2) is 9.97 Å². The smallest absolute Gasteiger partial charge is 0.383 e. The summed E-state index contributed by atoms with van der Waals surface area (Å²) in [6, 6.07) is 0.171. The Morgan fingerprint density at radius 2 is 1.71 bits per heavy atom. The van der Waals surface area contributed by atoms with E-state index in [2.05, 4.69) is 9.97 Å². The molecule has 2 unspecified atom stereocenters. The number of nitrogens with zero attached hydrogens (tertiary/aromatic N) is 2. The Labute approximate surface area is 100.0 Å². The van der Waals surface area contributed by atoms with Crippen LogP contribution in [0.1, 0.15) is 6.92 Å². The van der Waals surface area contributed by atoms with Crippen molar-refractivity contribution < 1.29 is 13.2 Å². The van der Waals surface area contributed by atoms with Gasteiger partial charge >= 0.3 is 6.18 Å². The number of nitrogens with two attached hydrogens (primary N) is 3. The summed E-state index contributed by atoms with van der Waals surface area (Å²) < 4.78 is 37.9. The minimum Gasteiger partial charge on any atom is -0.383 e. The molecule has 6 N–H and O–H groups in total. The molecule has 0 radical (unpaired) electrons. The van der Waals surface area contributed by atoms with Crippen molar-refractivity contribution in [2.75, 3.05) is 11.5 Å². The number of hydrogen-bond acceptors (Lipinski definition) is 6. The molecule has 5 nitrogen and oxygen atoms in total. The maximum absolute atomic E-state index is 12.6. The summed E-state index contributed by atoms with van der Waals surface area (Å²) in [5.41, 5.74) is 16.0. The highest BCUT2D eigenvalue weighted by molar-refractivity contribution is 7.99. The molecule has 0 saturated carbocycles. The van der Waals surface area contributed by atoms with Crippen LogP contribution in [-0.4, -0.2) is 27.4 Å². The fraction of sp³-hybridized carbons (Fsp3) is 0.500. The van der Waals surface area contributed by atoms with Crippen molar-refractivity contribution >= 4 is 23.4 Å². The van der Waals surface area contributed by atoms with Gasteiger partial charge in [0.2, 0.25) is 0 Å². The number of hydrogen-bond donors (Lipinski definition) is 3. The summed E-state index contributed by atoms with van der Waals surface area (Å²) in [5.74, 6) is 0.0381. The zero-order valence-electron chi connectivity index (χ0n) is 8.90. The highest BCUT2D eigenvalue weighted by Gasteiger charge is 2.43. The first-order chi connectivity index (χ1) is 7.70. The summed E-state index contributed by atoms with van der Waals surface area (Å²) in [7, 11) is 0. The highest BCUT2D eigenvalue weighted by atomic mass is 32.2. The number of aromatic nitrogens is 2. The summed E-state index contributed by atoms with van der Waals surface area (Å²) in [4.78, 5) is 7.33. The number of thioether (sulfide) groups is 1. The standard InChI is InChI=1S/C8H12F3N5S/c1-3(12)6(8(9,10)11)17-7-15-4(13)2-5(14)16-7/h2-3,6H,12H2,1H3,(H4,13,14,15,16). The molecule has 1 aromatic heterocycles. The molecule has 17 heavy (non-hydrogen) atoms. The lowest BCUT2D eigenvalue weighted by molar-refractivity contribution is -0.131. The normalized spacial score (nSPS) is 15.6. The maximum Gasteiger partial charge on any atom is 0.402 e. The maximum atomic E-state index is 12.6. The van der Waals surface area contributed by atoms with Gasteiger partial charge in [-0.05, 0) is 6.92 Å². The van der Waals surface area contributed by atoms with Crippen LogP contribution in [0.3, 0.4) is 0 Å². The third-order valence-electron chi connectivity index (χ3n) is 1.78. The van der Waals surface area contributed by atoms with Crippen LogP contribution in [0.25, 0.3) is 0 Å². The largest absolute Gasteiger partial charge is 0.402 e. The van der Waals surface area contributed by atoms with E-state index in [4.69, 9.17) is 17.2 Å². The molecule has 1 rings (SSSR count). The number of halogens is 3. The molecule has 96 valence electrons. The Bertz CT molecular complexity index is 375. The van der Waals surface area contributed by atoms with Crippen molar-refractivity contribution in [3.05, 3.63) is 6.07 Å². The van der Waals surface area contributed by atoms with E-state index < -0.39 is 17.5 Å². The van der Waals surface area contributed by atoms with Crippen LogP contribution in [0.5, 0.6) is 0 Å². The Balaban J connectivity index is 2.94. The Morgan fingerprint density at radius 3 is 2.06 bits per heavy atom. The van der Waals surface area contributed by atoms with Crippen LogP contribution in [-0.2, 0) is 0 Å². The van der Waals surface area contributed by atoms with E-state index >= 15 is 0 Å². The van der Waals surface area contributed by atoms with Gasteiger partial charge in [0.05, 0.1) is 0 Å². The highest BCUT2D eigenvalue weighted by Crippen LogP contribution is 2.35. The molecular weight excluding hydrogens is 255 g/mol. The Kier molecular flexibility index (Phi) is 4.04. The monoisotopic (exact) mass is 267 g/mol. The van der Waals surface area contributed by atoms with Crippen molar-refractivity contribution in [1.29, 1.82) is 0 Å². The Morgan fingerprint density at radius 1 is 1.24 bits per heavy atom. The summed E-state index contributed by atoms with van der Waals surface area (Å²) in [5, 5.41) is -1.94. The number of alkyl halides is 3. The quantitative estimate of drug-likeness (QED) is 0.558. The molecular formula is C8H12F3N5S. The van der Waals surface area contributed by atoms with Gasteiger partial charge in [0.15, 0.2) is 5.16 Å². The van der Waals surface area contributed by atoms with Gasteiger partial charge in [0.1, 0.15) is 16.9 Å². The van der Waals surface area contributed by atoms with Gasteiger partial charge < -0.3 is 17.2 Å². The molecule has 0 amide bonds. The van der Waals surface area contributed by atoms with E-state index in [9.17, 15) is 13.2 Å². The molecule has 9 heteroatoms. The zero-order valence-corrected chi connectivity index (χ0v) is 9.72. The van der Waals surface area contributed by atoms with Crippen LogP contribution >= 0.6 is 11.8 Å². The van der Waals surface area contributed by atoms with Crippen molar-refractivity contribution in [3.8, 4) is 0 Å². The lowest BCUT2D eigenvalue weighted by Crippen LogP contribution is -2.40. The molecule has 0 aliphatic carbocycles. The van der Waals surface area contributed by atoms with E-state index in [0.29, 0.717) is 11.8 Å². The average Bonchev–Trinajstić information content (AvgIpc) is 2.10. The number of rotatable bonds is 3. The van der Waals surface area contributed by atoms with E-state index in [1.807, 2.05) is 0 Å². The summed E-state index contributed by atoms with van der Waals surface area (Å²) >= 11 is 0.400. The van der Waals surface area contributed by atoms with Gasteiger partial charge in [-0.15, -0.1) is 0 Å². The third kappa shape index (κ3) is 3.93. The van der Waals surface area contributed by atoms with Gasteiger partial charge in [0.25, 0.3) is 0 Å². The van der Waals surface area contributed by atoms with Gasteiger partial charge in [0, 0.05) is 12.1 Å². The fourth-order valence-corrected chi connectivity index (χ4v) is 1.99. The lowest BCUT2D eigenvalue weighted by Gasteiger charge is -2.22. The lowest BCUT2D eigenvalue weighted by atomic mass is 10.2. The van der Waals surface area contributed by atoms with Crippen LogP contribution in [0.2, 0.25) is 0 Å². The van der Waals surface area contributed by atoms with Crippen LogP contribution in [0.15, 0.2) is 11.2 Å². The van der Waals surface area contributed by atoms with Gasteiger partial charge in [-0.2, -0.15) is 13.2 Å². The number of nitrogen functional groups attached to an aromatic ring is 2. The first-order valence-electron chi connectivity index (χ1n) is 4.59. The minimum atomic E-state index is -4.44.